The summed E-state index contributed by atoms with van der Waals surface area (Å²) in [4.78, 5) is 33.1. The van der Waals surface area contributed by atoms with Crippen LogP contribution in [0.3, 0.4) is 0 Å². The molecule has 2 aliphatic heterocycles. The van der Waals surface area contributed by atoms with E-state index in [0.29, 0.717) is 36.8 Å². The maximum atomic E-state index is 12.9. The first kappa shape index (κ1) is 19.6. The van der Waals surface area contributed by atoms with Crippen LogP contribution in [0.1, 0.15) is 11.3 Å². The molecule has 1 fully saturated rings. The van der Waals surface area contributed by atoms with Crippen molar-refractivity contribution in [3.05, 3.63) is 70.3 Å². The summed E-state index contributed by atoms with van der Waals surface area (Å²) in [5, 5.41) is 0. The molecule has 2 aliphatic rings. The number of pyridine rings is 1. The van der Waals surface area contributed by atoms with Crippen LogP contribution in [0.15, 0.2) is 53.5 Å². The highest BCUT2D eigenvalue weighted by molar-refractivity contribution is 5.82. The van der Waals surface area contributed by atoms with Crippen LogP contribution >= 0.6 is 0 Å². The molecule has 1 amide bonds. The van der Waals surface area contributed by atoms with E-state index >= 15 is 0 Å². The Hall–Kier alpha value is -3.39. The van der Waals surface area contributed by atoms with Gasteiger partial charge in [0.05, 0.1) is 26.2 Å². The predicted octanol–water partition coefficient (Wildman–Crippen LogP) is 0.0700. The molecule has 8 nitrogen and oxygen atoms in total. The number of ether oxygens (including phenoxy) is 2. The Morgan fingerprint density at radius 3 is 2.74 bits per heavy atom. The first-order valence-corrected chi connectivity index (χ1v) is 10.6. The van der Waals surface area contributed by atoms with E-state index in [4.69, 9.17) is 9.47 Å². The van der Waals surface area contributed by atoms with Crippen LogP contribution in [0.4, 0.5) is 0 Å². The molecule has 8 heteroatoms. The number of carbonyl (C=O) groups is 1. The van der Waals surface area contributed by atoms with Crippen LogP contribution in [0.25, 0.3) is 5.65 Å². The average Bonchev–Trinajstić information content (AvgIpc) is 2.79. The number of hydrogen-bond donors (Lipinski definition) is 1. The normalized spacial score (nSPS) is 18.9. The van der Waals surface area contributed by atoms with Gasteiger partial charge in [0.25, 0.3) is 11.5 Å². The molecule has 1 saturated heterocycles. The maximum absolute atomic E-state index is 12.9. The summed E-state index contributed by atoms with van der Waals surface area (Å²) >= 11 is 0. The van der Waals surface area contributed by atoms with Gasteiger partial charge in [0.1, 0.15) is 24.5 Å². The van der Waals surface area contributed by atoms with E-state index in [0.717, 1.165) is 24.3 Å². The molecule has 0 radical (unpaired) electrons. The van der Waals surface area contributed by atoms with Crippen molar-refractivity contribution in [3.8, 4) is 11.5 Å². The number of benzene rings is 1. The molecule has 1 aromatic carbocycles. The molecule has 2 aromatic heterocycles. The third-order valence-electron chi connectivity index (χ3n) is 5.86. The van der Waals surface area contributed by atoms with Gasteiger partial charge in [-0.15, -0.1) is 0 Å². The molecular weight excluding hydrogens is 396 g/mol. The number of rotatable bonds is 3. The van der Waals surface area contributed by atoms with Crippen molar-refractivity contribution in [2.75, 3.05) is 32.8 Å². The summed E-state index contributed by atoms with van der Waals surface area (Å²) in [6.07, 6.45) is 1.20. The maximum Gasteiger partial charge on any atom is 0.267 e. The summed E-state index contributed by atoms with van der Waals surface area (Å²) < 4.78 is 13.1. The van der Waals surface area contributed by atoms with Gasteiger partial charge in [-0.2, -0.15) is 0 Å². The van der Waals surface area contributed by atoms with E-state index < -0.39 is 6.10 Å². The summed E-state index contributed by atoms with van der Waals surface area (Å²) in [6.45, 7) is 5.72. The van der Waals surface area contributed by atoms with Gasteiger partial charge in [0.2, 0.25) is 6.10 Å². The van der Waals surface area contributed by atoms with Crippen molar-refractivity contribution < 1.29 is 19.2 Å². The highest BCUT2D eigenvalue weighted by Gasteiger charge is 2.33. The lowest BCUT2D eigenvalue weighted by molar-refractivity contribution is -0.917. The summed E-state index contributed by atoms with van der Waals surface area (Å²) in [5.41, 5.74) is 2.40. The van der Waals surface area contributed by atoms with Crippen LogP contribution in [-0.4, -0.2) is 59.1 Å². The first-order chi connectivity index (χ1) is 15.1. The lowest BCUT2D eigenvalue weighted by Gasteiger charge is -2.35. The van der Waals surface area contributed by atoms with Crippen LogP contribution in [0.5, 0.6) is 11.5 Å². The van der Waals surface area contributed by atoms with E-state index in [1.54, 1.807) is 16.7 Å². The lowest BCUT2D eigenvalue weighted by atomic mass is 10.2. The molecule has 5 rings (SSSR count). The second kappa shape index (κ2) is 8.03. The quantitative estimate of drug-likeness (QED) is 0.648. The second-order valence-corrected chi connectivity index (χ2v) is 8.14. The summed E-state index contributed by atoms with van der Waals surface area (Å²) in [7, 11) is 0. The number of aryl methyl sites for hydroxylation is 1. The molecule has 0 saturated carbocycles. The molecular formula is C23H25N4O4+. The van der Waals surface area contributed by atoms with E-state index in [-0.39, 0.29) is 18.1 Å². The van der Waals surface area contributed by atoms with Crippen LogP contribution in [0.2, 0.25) is 0 Å². The monoisotopic (exact) mass is 421 g/mol. The predicted molar refractivity (Wildman–Crippen MR) is 114 cm³/mol. The minimum Gasteiger partial charge on any atom is -0.485 e. The lowest BCUT2D eigenvalue weighted by Crippen LogP contribution is -3.13. The summed E-state index contributed by atoms with van der Waals surface area (Å²) in [5.74, 6) is 1.25. The van der Waals surface area contributed by atoms with Gasteiger partial charge in [0, 0.05) is 12.3 Å². The van der Waals surface area contributed by atoms with Crippen molar-refractivity contribution in [3.63, 3.8) is 0 Å². The Balaban J connectivity index is 1.20. The molecule has 1 N–H and O–H groups in total. The van der Waals surface area contributed by atoms with Crippen molar-refractivity contribution in [1.82, 2.24) is 14.3 Å². The van der Waals surface area contributed by atoms with E-state index in [1.807, 2.05) is 48.2 Å². The molecule has 4 heterocycles. The van der Waals surface area contributed by atoms with Crippen LogP contribution in [0, 0.1) is 6.92 Å². The minimum absolute atomic E-state index is 0.0361. The third kappa shape index (κ3) is 3.98. The number of piperazine rings is 1. The van der Waals surface area contributed by atoms with Gasteiger partial charge >= 0.3 is 0 Å². The number of aromatic nitrogens is 2. The van der Waals surface area contributed by atoms with Gasteiger partial charge in [-0.25, -0.2) is 4.98 Å². The van der Waals surface area contributed by atoms with E-state index in [9.17, 15) is 9.59 Å². The second-order valence-electron chi connectivity index (χ2n) is 8.14. The Morgan fingerprint density at radius 2 is 1.94 bits per heavy atom. The number of carbonyl (C=O) groups excluding carboxylic acids is 1. The number of fused-ring (bicyclic) bond motifs is 2. The number of amides is 1. The number of hydrogen-bond acceptors (Lipinski definition) is 5. The van der Waals surface area contributed by atoms with E-state index in [2.05, 4.69) is 4.98 Å². The molecule has 0 spiro atoms. The van der Waals surface area contributed by atoms with Crippen molar-refractivity contribution in [2.24, 2.45) is 0 Å². The van der Waals surface area contributed by atoms with Crippen LogP contribution < -0.4 is 19.9 Å². The Labute approximate surface area is 179 Å². The molecule has 3 aromatic rings. The Kier molecular flexibility index (Phi) is 5.07. The molecule has 0 unspecified atom stereocenters. The van der Waals surface area contributed by atoms with Gasteiger partial charge in [-0.1, -0.05) is 18.2 Å². The molecule has 0 aliphatic carbocycles. The molecule has 0 bridgehead atoms. The highest BCUT2D eigenvalue weighted by Crippen LogP contribution is 2.31. The fourth-order valence-electron chi connectivity index (χ4n) is 4.17. The molecule has 160 valence electrons. The van der Waals surface area contributed by atoms with Crippen molar-refractivity contribution >= 4 is 11.6 Å². The molecule has 1 atom stereocenters. The largest absolute Gasteiger partial charge is 0.485 e. The SMILES string of the molecule is Cc1ccc2nc(C[NH+]3CCN(C(=O)[C@@H]4COc5ccccc5O4)CC3)cc(=O)n2c1. The number of nitrogens with one attached hydrogen (secondary N) is 1. The molecule has 31 heavy (non-hydrogen) atoms. The zero-order valence-corrected chi connectivity index (χ0v) is 17.4. The zero-order valence-electron chi connectivity index (χ0n) is 17.4. The zero-order chi connectivity index (χ0) is 21.4. The fraction of sp³-hybridized carbons (Fsp3) is 0.348. The van der Waals surface area contributed by atoms with Crippen molar-refractivity contribution in [1.29, 1.82) is 0 Å². The minimum atomic E-state index is -0.609. The van der Waals surface area contributed by atoms with Gasteiger partial charge < -0.3 is 19.3 Å². The van der Waals surface area contributed by atoms with Crippen LogP contribution in [-0.2, 0) is 11.3 Å². The van der Waals surface area contributed by atoms with Crippen molar-refractivity contribution in [2.45, 2.75) is 19.6 Å². The standard InChI is InChI=1S/C23H24N4O4/c1-16-6-7-21-24-17(12-22(28)27(21)13-16)14-25-8-10-26(11-9-25)23(29)20-15-30-18-4-2-3-5-19(18)31-20/h2-7,12-13,20H,8-11,14-15H2,1H3/p+1/t20-/m0/s1. The topological polar surface area (TPSA) is 77.6 Å². The van der Waals surface area contributed by atoms with Gasteiger partial charge in [0.15, 0.2) is 11.5 Å². The van der Waals surface area contributed by atoms with Gasteiger partial charge in [-0.05, 0) is 30.7 Å². The summed E-state index contributed by atoms with van der Waals surface area (Å²) in [6, 6.07) is 12.8. The average molecular weight is 421 g/mol. The van der Waals surface area contributed by atoms with Gasteiger partial charge in [-0.3, -0.25) is 14.0 Å². The highest BCUT2D eigenvalue weighted by atomic mass is 16.6. The van der Waals surface area contributed by atoms with E-state index in [1.165, 1.54) is 4.90 Å². The number of quaternary nitrogens is 1. The Bertz CT molecular complexity index is 1180. The fourth-order valence-corrected chi connectivity index (χ4v) is 4.17. The first-order valence-electron chi connectivity index (χ1n) is 10.6. The third-order valence-corrected chi connectivity index (χ3v) is 5.86. The number of para-hydroxylation sites is 2. The number of nitrogens with zero attached hydrogens (tertiary/aromatic N) is 3. The smallest absolute Gasteiger partial charge is 0.267 e. The Morgan fingerprint density at radius 1 is 1.16 bits per heavy atom.